The molecule has 3 rings (SSSR count). The Morgan fingerprint density at radius 3 is 2.86 bits per heavy atom. The first kappa shape index (κ1) is 13.0. The molecule has 0 fully saturated rings. The van der Waals surface area contributed by atoms with Crippen molar-refractivity contribution in [1.29, 1.82) is 0 Å². The van der Waals surface area contributed by atoms with Crippen molar-refractivity contribution in [2.45, 2.75) is 0 Å². The summed E-state index contributed by atoms with van der Waals surface area (Å²) in [7, 11) is 1.53. The number of imidazole rings is 1. The van der Waals surface area contributed by atoms with E-state index in [0.29, 0.717) is 22.9 Å². The van der Waals surface area contributed by atoms with Crippen LogP contribution in [0.15, 0.2) is 42.5 Å². The van der Waals surface area contributed by atoms with Gasteiger partial charge in [0.1, 0.15) is 5.75 Å². The molecular weight excluding hydrogens is 268 g/mol. The Kier molecular flexibility index (Phi) is 3.19. The zero-order chi connectivity index (χ0) is 14.8. The van der Waals surface area contributed by atoms with E-state index in [9.17, 15) is 4.79 Å². The smallest absolute Gasteiger partial charge is 0.260 e. The van der Waals surface area contributed by atoms with Crippen molar-refractivity contribution in [2.75, 3.05) is 18.2 Å². The van der Waals surface area contributed by atoms with Crippen LogP contribution in [0, 0.1) is 0 Å². The molecule has 0 saturated heterocycles. The number of methoxy groups -OCH3 is 1. The number of nitrogen functional groups attached to an aromatic ring is 1. The lowest BCUT2D eigenvalue weighted by molar-refractivity contribution is 0.102. The van der Waals surface area contributed by atoms with E-state index in [0.717, 1.165) is 11.0 Å². The van der Waals surface area contributed by atoms with Crippen molar-refractivity contribution in [3.8, 4) is 5.75 Å². The number of hydrogen-bond donors (Lipinski definition) is 3. The van der Waals surface area contributed by atoms with Crippen LogP contribution in [-0.2, 0) is 0 Å². The van der Waals surface area contributed by atoms with E-state index in [-0.39, 0.29) is 5.91 Å². The number of benzene rings is 2. The van der Waals surface area contributed by atoms with Gasteiger partial charge in [-0.2, -0.15) is 0 Å². The first-order chi connectivity index (χ1) is 10.2. The van der Waals surface area contributed by atoms with Crippen LogP contribution >= 0.6 is 0 Å². The molecule has 1 heterocycles. The number of aromatic amines is 1. The van der Waals surface area contributed by atoms with Gasteiger partial charge in [0.2, 0.25) is 5.95 Å². The highest BCUT2D eigenvalue weighted by Gasteiger charge is 2.13. The third-order valence-corrected chi connectivity index (χ3v) is 3.13. The average molecular weight is 282 g/mol. The SMILES string of the molecule is COc1ccc(N)c(C(=O)Nc2nc3ccccc3[nH]2)c1. The summed E-state index contributed by atoms with van der Waals surface area (Å²) in [5, 5.41) is 2.70. The number of fused-ring (bicyclic) bond motifs is 1. The molecule has 0 aliphatic carbocycles. The number of para-hydroxylation sites is 2. The van der Waals surface area contributed by atoms with Gasteiger partial charge in [-0.05, 0) is 30.3 Å². The Balaban J connectivity index is 1.89. The second-order valence-corrected chi connectivity index (χ2v) is 4.51. The van der Waals surface area contributed by atoms with Gasteiger partial charge in [0.15, 0.2) is 0 Å². The standard InChI is InChI=1S/C15H14N4O2/c1-21-9-6-7-11(16)10(8-9)14(20)19-15-17-12-4-2-3-5-13(12)18-15/h2-8H,16H2,1H3,(H2,17,18,19,20). The van der Waals surface area contributed by atoms with Gasteiger partial charge in [-0.1, -0.05) is 12.1 Å². The third-order valence-electron chi connectivity index (χ3n) is 3.13. The Morgan fingerprint density at radius 2 is 2.10 bits per heavy atom. The number of nitrogens with two attached hydrogens (primary N) is 1. The summed E-state index contributed by atoms with van der Waals surface area (Å²) in [6, 6.07) is 12.5. The van der Waals surface area contributed by atoms with Crippen LogP contribution < -0.4 is 15.8 Å². The minimum atomic E-state index is -0.342. The third kappa shape index (κ3) is 2.51. The molecule has 0 unspecified atom stereocenters. The quantitative estimate of drug-likeness (QED) is 0.643. The molecule has 0 aliphatic heterocycles. The predicted octanol–water partition coefficient (Wildman–Crippen LogP) is 2.41. The molecule has 106 valence electrons. The summed E-state index contributed by atoms with van der Waals surface area (Å²) in [6.45, 7) is 0. The van der Waals surface area contributed by atoms with Crippen LogP contribution in [0.1, 0.15) is 10.4 Å². The lowest BCUT2D eigenvalue weighted by Gasteiger charge is -2.07. The van der Waals surface area contributed by atoms with Crippen molar-refractivity contribution >= 4 is 28.6 Å². The van der Waals surface area contributed by atoms with E-state index < -0.39 is 0 Å². The normalized spacial score (nSPS) is 10.5. The fourth-order valence-corrected chi connectivity index (χ4v) is 2.05. The Hall–Kier alpha value is -3.02. The van der Waals surface area contributed by atoms with Gasteiger partial charge < -0.3 is 15.5 Å². The molecule has 0 aliphatic rings. The van der Waals surface area contributed by atoms with Crippen LogP contribution in [-0.4, -0.2) is 23.0 Å². The van der Waals surface area contributed by atoms with Gasteiger partial charge in [-0.3, -0.25) is 10.1 Å². The molecule has 6 nitrogen and oxygen atoms in total. The van der Waals surface area contributed by atoms with Crippen molar-refractivity contribution < 1.29 is 9.53 Å². The Morgan fingerprint density at radius 1 is 1.29 bits per heavy atom. The second-order valence-electron chi connectivity index (χ2n) is 4.51. The molecule has 0 radical (unpaired) electrons. The minimum absolute atomic E-state index is 0.342. The molecule has 0 spiro atoms. The molecule has 6 heteroatoms. The van der Waals surface area contributed by atoms with Crippen molar-refractivity contribution in [3.05, 3.63) is 48.0 Å². The number of ether oxygens (including phenoxy) is 1. The topological polar surface area (TPSA) is 93.0 Å². The van der Waals surface area contributed by atoms with Crippen LogP contribution in [0.3, 0.4) is 0 Å². The van der Waals surface area contributed by atoms with Crippen LogP contribution in [0.5, 0.6) is 5.75 Å². The number of hydrogen-bond acceptors (Lipinski definition) is 4. The monoisotopic (exact) mass is 282 g/mol. The van der Waals surface area contributed by atoms with E-state index in [4.69, 9.17) is 10.5 Å². The number of aromatic nitrogens is 2. The van der Waals surface area contributed by atoms with Crippen molar-refractivity contribution in [2.24, 2.45) is 0 Å². The summed E-state index contributed by atoms with van der Waals surface area (Å²) < 4.78 is 5.10. The van der Waals surface area contributed by atoms with Crippen molar-refractivity contribution in [1.82, 2.24) is 9.97 Å². The first-order valence-electron chi connectivity index (χ1n) is 6.37. The van der Waals surface area contributed by atoms with Crippen LogP contribution in [0.4, 0.5) is 11.6 Å². The number of carbonyl (C=O) groups excluding carboxylic acids is 1. The minimum Gasteiger partial charge on any atom is -0.497 e. The maximum absolute atomic E-state index is 12.3. The first-order valence-corrected chi connectivity index (χ1v) is 6.37. The maximum Gasteiger partial charge on any atom is 0.260 e. The van der Waals surface area contributed by atoms with E-state index in [1.54, 1.807) is 18.2 Å². The highest BCUT2D eigenvalue weighted by Crippen LogP contribution is 2.21. The van der Waals surface area contributed by atoms with Crippen LogP contribution in [0.25, 0.3) is 11.0 Å². The molecule has 4 N–H and O–H groups in total. The number of H-pyrrole nitrogens is 1. The lowest BCUT2D eigenvalue weighted by atomic mass is 10.1. The van der Waals surface area contributed by atoms with Gasteiger partial charge in [0.05, 0.1) is 23.7 Å². The maximum atomic E-state index is 12.3. The molecular formula is C15H14N4O2. The number of rotatable bonds is 3. The number of nitrogens with zero attached hydrogens (tertiary/aromatic N) is 1. The highest BCUT2D eigenvalue weighted by molar-refractivity contribution is 6.07. The molecule has 1 aromatic heterocycles. The zero-order valence-corrected chi connectivity index (χ0v) is 11.4. The summed E-state index contributed by atoms with van der Waals surface area (Å²) >= 11 is 0. The fraction of sp³-hybridized carbons (Fsp3) is 0.0667. The Bertz CT molecular complexity index is 777. The van der Waals surface area contributed by atoms with E-state index in [1.807, 2.05) is 24.3 Å². The van der Waals surface area contributed by atoms with Crippen molar-refractivity contribution in [3.63, 3.8) is 0 Å². The summed E-state index contributed by atoms with van der Waals surface area (Å²) in [5.74, 6) is 0.604. The highest BCUT2D eigenvalue weighted by atomic mass is 16.5. The average Bonchev–Trinajstić information content (AvgIpc) is 2.89. The van der Waals surface area contributed by atoms with E-state index >= 15 is 0 Å². The molecule has 0 saturated carbocycles. The molecule has 0 atom stereocenters. The van der Waals surface area contributed by atoms with Gasteiger partial charge in [-0.15, -0.1) is 0 Å². The molecule has 2 aromatic carbocycles. The zero-order valence-electron chi connectivity index (χ0n) is 11.4. The molecule has 0 bridgehead atoms. The number of anilines is 2. The number of amides is 1. The molecule has 3 aromatic rings. The summed E-state index contributed by atoms with van der Waals surface area (Å²) in [4.78, 5) is 19.6. The van der Waals surface area contributed by atoms with Gasteiger partial charge in [0.25, 0.3) is 5.91 Å². The largest absolute Gasteiger partial charge is 0.497 e. The van der Waals surface area contributed by atoms with E-state index in [1.165, 1.54) is 7.11 Å². The van der Waals surface area contributed by atoms with Crippen LogP contribution in [0.2, 0.25) is 0 Å². The summed E-state index contributed by atoms with van der Waals surface area (Å²) in [6.07, 6.45) is 0. The second kappa shape index (κ2) is 5.16. The Labute approximate surface area is 120 Å². The lowest BCUT2D eigenvalue weighted by Crippen LogP contribution is -2.15. The number of carbonyl (C=O) groups is 1. The predicted molar refractivity (Wildman–Crippen MR) is 81.5 cm³/mol. The van der Waals surface area contributed by atoms with E-state index in [2.05, 4.69) is 15.3 Å². The summed E-state index contributed by atoms with van der Waals surface area (Å²) in [5.41, 5.74) is 8.19. The molecule has 21 heavy (non-hydrogen) atoms. The fourth-order valence-electron chi connectivity index (χ4n) is 2.05. The van der Waals surface area contributed by atoms with Gasteiger partial charge in [-0.25, -0.2) is 4.98 Å². The molecule has 1 amide bonds. The number of nitrogens with one attached hydrogen (secondary N) is 2. The van der Waals surface area contributed by atoms with Gasteiger partial charge in [0, 0.05) is 5.69 Å². The van der Waals surface area contributed by atoms with Gasteiger partial charge >= 0.3 is 0 Å².